The highest BCUT2D eigenvalue weighted by molar-refractivity contribution is 7.89. The van der Waals surface area contributed by atoms with Gasteiger partial charge in [-0.15, -0.1) is 0 Å². The van der Waals surface area contributed by atoms with E-state index in [1.807, 2.05) is 13.8 Å². The summed E-state index contributed by atoms with van der Waals surface area (Å²) >= 11 is 0. The first-order chi connectivity index (χ1) is 9.61. The zero-order chi connectivity index (χ0) is 15.8. The molecule has 1 aromatic carbocycles. The highest BCUT2D eigenvalue weighted by atomic mass is 32.2. The lowest BCUT2D eigenvalue weighted by atomic mass is 9.95. The Balaban J connectivity index is 2.27. The van der Waals surface area contributed by atoms with Crippen LogP contribution < -0.4 is 10.5 Å². The van der Waals surface area contributed by atoms with Crippen molar-refractivity contribution in [3.63, 3.8) is 0 Å². The molecule has 1 aliphatic rings. The first kappa shape index (κ1) is 16.2. The summed E-state index contributed by atoms with van der Waals surface area (Å²) in [4.78, 5) is -0.399. The molecule has 3 N–H and O–H groups in total. The van der Waals surface area contributed by atoms with Gasteiger partial charge in [0.15, 0.2) is 0 Å². The fraction of sp³-hybridized carbons (Fsp3) is 0.571. The van der Waals surface area contributed by atoms with Crippen LogP contribution in [0.2, 0.25) is 0 Å². The molecule has 1 saturated heterocycles. The third-order valence-corrected chi connectivity index (χ3v) is 5.07. The topological polar surface area (TPSA) is 81.4 Å². The molecular formula is C14H21FN2O3S. The molecule has 0 aliphatic carbocycles. The van der Waals surface area contributed by atoms with Gasteiger partial charge in [-0.25, -0.2) is 17.5 Å². The van der Waals surface area contributed by atoms with Crippen molar-refractivity contribution in [1.29, 1.82) is 0 Å². The first-order valence-electron chi connectivity index (χ1n) is 6.83. The lowest BCUT2D eigenvalue weighted by Crippen LogP contribution is -2.45. The number of hydrogen-bond acceptors (Lipinski definition) is 4. The Morgan fingerprint density at radius 3 is 2.71 bits per heavy atom. The van der Waals surface area contributed by atoms with Crippen molar-refractivity contribution in [2.45, 2.75) is 50.2 Å². The van der Waals surface area contributed by atoms with Gasteiger partial charge >= 0.3 is 0 Å². The van der Waals surface area contributed by atoms with Crippen molar-refractivity contribution < 1.29 is 17.5 Å². The number of anilines is 1. The number of benzene rings is 1. The second-order valence-corrected chi connectivity index (χ2v) is 7.75. The number of sulfonamides is 1. The van der Waals surface area contributed by atoms with Crippen LogP contribution in [-0.2, 0) is 14.8 Å². The molecule has 1 unspecified atom stereocenters. The minimum Gasteiger partial charge on any atom is -0.399 e. The van der Waals surface area contributed by atoms with Gasteiger partial charge in [0.25, 0.3) is 0 Å². The molecule has 2 rings (SSSR count). The zero-order valence-corrected chi connectivity index (χ0v) is 13.3. The van der Waals surface area contributed by atoms with Gasteiger partial charge < -0.3 is 10.5 Å². The van der Waals surface area contributed by atoms with E-state index in [0.717, 1.165) is 6.07 Å². The summed E-state index contributed by atoms with van der Waals surface area (Å²) in [7, 11) is -3.95. The Bertz CT molecular complexity index is 644. The van der Waals surface area contributed by atoms with Gasteiger partial charge in [-0.3, -0.25) is 0 Å². The molecule has 0 aromatic heterocycles. The fourth-order valence-corrected chi connectivity index (χ4v) is 4.03. The third kappa shape index (κ3) is 3.72. The molecule has 0 radical (unpaired) electrons. The molecule has 0 saturated carbocycles. The lowest BCUT2D eigenvalue weighted by molar-refractivity contribution is -0.0599. The monoisotopic (exact) mass is 316 g/mol. The normalized spacial score (nSPS) is 22.2. The van der Waals surface area contributed by atoms with Crippen LogP contribution in [0.3, 0.4) is 0 Å². The van der Waals surface area contributed by atoms with E-state index in [0.29, 0.717) is 19.4 Å². The van der Waals surface area contributed by atoms with Crippen molar-refractivity contribution in [1.82, 2.24) is 4.72 Å². The number of halogens is 1. The van der Waals surface area contributed by atoms with Gasteiger partial charge in [-0.05, 0) is 51.3 Å². The van der Waals surface area contributed by atoms with E-state index >= 15 is 0 Å². The number of ether oxygens (including phenoxy) is 1. The second-order valence-electron chi connectivity index (χ2n) is 6.07. The molecule has 21 heavy (non-hydrogen) atoms. The van der Waals surface area contributed by atoms with E-state index in [1.54, 1.807) is 0 Å². The Morgan fingerprint density at radius 1 is 1.43 bits per heavy atom. The Hall–Kier alpha value is -1.18. The number of nitrogens with two attached hydrogens (primary N) is 1. The number of hydrogen-bond donors (Lipinski definition) is 2. The summed E-state index contributed by atoms with van der Waals surface area (Å²) in [5, 5.41) is 0. The molecule has 118 valence electrons. The van der Waals surface area contributed by atoms with E-state index in [9.17, 15) is 12.8 Å². The Kier molecular flexibility index (Phi) is 4.28. The van der Waals surface area contributed by atoms with Crippen LogP contribution >= 0.6 is 0 Å². The number of rotatable bonds is 3. The quantitative estimate of drug-likeness (QED) is 0.835. The lowest BCUT2D eigenvalue weighted by Gasteiger charge is -2.35. The van der Waals surface area contributed by atoms with Crippen molar-refractivity contribution in [3.8, 4) is 0 Å². The molecular weight excluding hydrogens is 295 g/mol. The summed E-state index contributed by atoms with van der Waals surface area (Å²) in [6.07, 6.45) is 1.10. The van der Waals surface area contributed by atoms with Crippen molar-refractivity contribution in [2.75, 3.05) is 12.3 Å². The summed E-state index contributed by atoms with van der Waals surface area (Å²) in [5.74, 6) is -0.761. The maximum absolute atomic E-state index is 14.1. The van der Waals surface area contributed by atoms with E-state index in [2.05, 4.69) is 4.72 Å². The van der Waals surface area contributed by atoms with Crippen LogP contribution in [0.25, 0.3) is 0 Å². The molecule has 5 nitrogen and oxygen atoms in total. The van der Waals surface area contributed by atoms with Crippen molar-refractivity contribution in [2.24, 2.45) is 0 Å². The predicted octanol–water partition coefficient (Wildman–Crippen LogP) is 1.95. The molecule has 1 fully saturated rings. The van der Waals surface area contributed by atoms with Crippen LogP contribution in [0.1, 0.15) is 32.3 Å². The maximum atomic E-state index is 14.1. The average Bonchev–Trinajstić information content (AvgIpc) is 2.31. The van der Waals surface area contributed by atoms with Crippen molar-refractivity contribution in [3.05, 3.63) is 23.5 Å². The van der Waals surface area contributed by atoms with Crippen LogP contribution in [0, 0.1) is 12.7 Å². The summed E-state index contributed by atoms with van der Waals surface area (Å²) < 4.78 is 47.0. The van der Waals surface area contributed by atoms with E-state index in [1.165, 1.54) is 13.0 Å². The fourth-order valence-electron chi connectivity index (χ4n) is 2.57. The molecule has 1 aliphatic heterocycles. The first-order valence-corrected chi connectivity index (χ1v) is 8.31. The number of nitrogen functional groups attached to an aromatic ring is 1. The molecule has 1 atom stereocenters. The van der Waals surface area contributed by atoms with Crippen molar-refractivity contribution >= 4 is 15.7 Å². The molecule has 0 spiro atoms. The Morgan fingerprint density at radius 2 is 2.10 bits per heavy atom. The summed E-state index contributed by atoms with van der Waals surface area (Å²) in [5.41, 5.74) is 5.66. The molecule has 7 heteroatoms. The van der Waals surface area contributed by atoms with E-state index in [4.69, 9.17) is 10.5 Å². The van der Waals surface area contributed by atoms with Crippen LogP contribution in [0.15, 0.2) is 17.0 Å². The third-order valence-electron chi connectivity index (χ3n) is 3.55. The Labute approximate surface area is 124 Å². The molecule has 0 amide bonds. The standard InChI is InChI=1S/C14H21FN2O3S/c1-9-6-10(16)7-12(13(9)15)21(18,19)17-11-4-5-20-14(2,3)8-11/h6-7,11,17H,4-5,8,16H2,1-3H3. The number of aryl methyl sites for hydroxylation is 1. The summed E-state index contributed by atoms with van der Waals surface area (Å²) in [6, 6.07) is 2.28. The van der Waals surface area contributed by atoms with E-state index < -0.39 is 26.3 Å². The number of nitrogens with one attached hydrogen (secondary N) is 1. The average molecular weight is 316 g/mol. The maximum Gasteiger partial charge on any atom is 0.243 e. The van der Waals surface area contributed by atoms with Crippen LogP contribution in [0.4, 0.5) is 10.1 Å². The molecule has 0 bridgehead atoms. The minimum absolute atomic E-state index is 0.211. The van der Waals surface area contributed by atoms with Gasteiger partial charge in [-0.2, -0.15) is 0 Å². The van der Waals surface area contributed by atoms with Gasteiger partial charge in [0.1, 0.15) is 10.7 Å². The molecule has 1 aromatic rings. The summed E-state index contributed by atoms with van der Waals surface area (Å²) in [6.45, 7) is 5.76. The molecule has 1 heterocycles. The SMILES string of the molecule is Cc1cc(N)cc(S(=O)(=O)NC2CCOC(C)(C)C2)c1F. The highest BCUT2D eigenvalue weighted by Crippen LogP contribution is 2.27. The second kappa shape index (κ2) is 5.55. The predicted molar refractivity (Wildman–Crippen MR) is 78.9 cm³/mol. The van der Waals surface area contributed by atoms with E-state index in [-0.39, 0.29) is 17.3 Å². The van der Waals surface area contributed by atoms with Crippen LogP contribution in [-0.4, -0.2) is 26.7 Å². The zero-order valence-electron chi connectivity index (χ0n) is 12.4. The highest BCUT2D eigenvalue weighted by Gasteiger charge is 2.32. The van der Waals surface area contributed by atoms with Crippen LogP contribution in [0.5, 0.6) is 0 Å². The van der Waals surface area contributed by atoms with Gasteiger partial charge in [-0.1, -0.05) is 0 Å². The van der Waals surface area contributed by atoms with Gasteiger partial charge in [0.05, 0.1) is 5.60 Å². The minimum atomic E-state index is -3.95. The van der Waals surface area contributed by atoms with Gasteiger partial charge in [0.2, 0.25) is 10.0 Å². The largest absolute Gasteiger partial charge is 0.399 e. The van der Waals surface area contributed by atoms with Gasteiger partial charge in [0, 0.05) is 18.3 Å². The smallest absolute Gasteiger partial charge is 0.243 e.